The van der Waals surface area contributed by atoms with Crippen molar-refractivity contribution in [2.75, 3.05) is 44.4 Å². The van der Waals surface area contributed by atoms with Gasteiger partial charge in [-0.1, -0.05) is 6.07 Å². The zero-order valence-electron chi connectivity index (χ0n) is 22.1. The number of nitrogens with zero attached hydrogens (tertiary/aromatic N) is 7. The number of carboxylic acid groups (broad SMARTS) is 1. The summed E-state index contributed by atoms with van der Waals surface area (Å²) in [6.07, 6.45) is 7.06. The summed E-state index contributed by atoms with van der Waals surface area (Å²) in [5.41, 5.74) is 3.89. The summed E-state index contributed by atoms with van der Waals surface area (Å²) >= 11 is 0. The average molecular weight is 542 g/mol. The number of aromatic nitrogens is 3. The zero-order valence-corrected chi connectivity index (χ0v) is 22.1. The van der Waals surface area contributed by atoms with Crippen molar-refractivity contribution in [3.05, 3.63) is 76.9 Å². The lowest BCUT2D eigenvalue weighted by Crippen LogP contribution is -2.50. The SMILES string of the molecule is N#Cc1ccc(COc2cncc(N3CCN(CN4Cc5ccc(C(=O)O)cc5[C@@H]4CC4CCO4)CC3)n2)nc1. The summed E-state index contributed by atoms with van der Waals surface area (Å²) < 4.78 is 11.6. The summed E-state index contributed by atoms with van der Waals surface area (Å²) in [7, 11) is 0. The maximum Gasteiger partial charge on any atom is 0.335 e. The van der Waals surface area contributed by atoms with Gasteiger partial charge in [0.2, 0.25) is 5.88 Å². The molecule has 3 aliphatic heterocycles. The minimum Gasteiger partial charge on any atom is -0.478 e. The number of fused-ring (bicyclic) bond motifs is 1. The lowest BCUT2D eigenvalue weighted by Gasteiger charge is -2.39. The topological polar surface area (TPSA) is 128 Å². The fraction of sp³-hybridized carbons (Fsp3) is 0.414. The molecule has 2 aromatic heterocycles. The van der Waals surface area contributed by atoms with Gasteiger partial charge in [-0.3, -0.25) is 19.8 Å². The third kappa shape index (κ3) is 5.74. The Labute approximate surface area is 232 Å². The number of hydrogen-bond donors (Lipinski definition) is 1. The fourth-order valence-corrected chi connectivity index (χ4v) is 5.51. The van der Waals surface area contributed by atoms with Crippen molar-refractivity contribution in [1.82, 2.24) is 24.8 Å². The number of nitriles is 1. The predicted octanol–water partition coefficient (Wildman–Crippen LogP) is 2.84. The van der Waals surface area contributed by atoms with Crippen LogP contribution in [0.5, 0.6) is 5.88 Å². The van der Waals surface area contributed by atoms with Gasteiger partial charge in [0.15, 0.2) is 5.82 Å². The zero-order chi connectivity index (χ0) is 27.5. The summed E-state index contributed by atoms with van der Waals surface area (Å²) in [5, 5.41) is 18.4. The highest BCUT2D eigenvalue weighted by molar-refractivity contribution is 5.88. The van der Waals surface area contributed by atoms with E-state index in [1.54, 1.807) is 30.6 Å². The molecule has 2 fully saturated rings. The van der Waals surface area contributed by atoms with Crippen LogP contribution in [0.3, 0.4) is 0 Å². The molecule has 11 nitrogen and oxygen atoms in total. The van der Waals surface area contributed by atoms with E-state index in [0.717, 1.165) is 70.2 Å². The number of carbonyl (C=O) groups is 1. The summed E-state index contributed by atoms with van der Waals surface area (Å²) in [6, 6.07) is 11.2. The maximum atomic E-state index is 11.6. The summed E-state index contributed by atoms with van der Waals surface area (Å²) in [4.78, 5) is 31.9. The molecule has 11 heteroatoms. The van der Waals surface area contributed by atoms with E-state index < -0.39 is 5.97 Å². The van der Waals surface area contributed by atoms with Crippen molar-refractivity contribution in [2.45, 2.75) is 38.1 Å². The Bertz CT molecular complexity index is 1400. The van der Waals surface area contributed by atoms with Gasteiger partial charge in [0.05, 0.1) is 42.0 Å². The number of piperazine rings is 1. The quantitative estimate of drug-likeness (QED) is 0.429. The Balaban J connectivity index is 1.05. The highest BCUT2D eigenvalue weighted by Gasteiger charge is 2.36. The Morgan fingerprint density at radius 2 is 2.00 bits per heavy atom. The van der Waals surface area contributed by atoms with Crippen LogP contribution in [0.2, 0.25) is 0 Å². The first-order chi connectivity index (χ1) is 19.6. The minimum absolute atomic E-state index is 0.155. The second-order valence-electron chi connectivity index (χ2n) is 10.4. The van der Waals surface area contributed by atoms with Crippen LogP contribution in [0, 0.1) is 11.3 Å². The molecule has 206 valence electrons. The van der Waals surface area contributed by atoms with Gasteiger partial charge in [-0.15, -0.1) is 0 Å². The van der Waals surface area contributed by atoms with Gasteiger partial charge in [-0.25, -0.2) is 4.79 Å². The van der Waals surface area contributed by atoms with Crippen LogP contribution >= 0.6 is 0 Å². The van der Waals surface area contributed by atoms with Crippen LogP contribution in [0.25, 0.3) is 0 Å². The molecule has 0 bridgehead atoms. The molecule has 2 saturated heterocycles. The second kappa shape index (κ2) is 11.6. The van der Waals surface area contributed by atoms with Gasteiger partial charge in [0, 0.05) is 51.6 Å². The molecule has 0 spiro atoms. The van der Waals surface area contributed by atoms with Gasteiger partial charge in [0.25, 0.3) is 0 Å². The van der Waals surface area contributed by atoms with Crippen LogP contribution in [-0.2, 0) is 17.9 Å². The van der Waals surface area contributed by atoms with Crippen LogP contribution in [0.15, 0.2) is 48.9 Å². The van der Waals surface area contributed by atoms with Gasteiger partial charge < -0.3 is 19.5 Å². The monoisotopic (exact) mass is 541 g/mol. The summed E-state index contributed by atoms with van der Waals surface area (Å²) in [5.74, 6) is 0.321. The number of ether oxygens (including phenoxy) is 2. The van der Waals surface area contributed by atoms with Crippen molar-refractivity contribution in [2.24, 2.45) is 0 Å². The highest BCUT2D eigenvalue weighted by atomic mass is 16.5. The number of rotatable bonds is 9. The number of hydrogen-bond acceptors (Lipinski definition) is 10. The lowest BCUT2D eigenvalue weighted by atomic mass is 9.95. The van der Waals surface area contributed by atoms with E-state index in [1.807, 2.05) is 12.1 Å². The molecule has 0 amide bonds. The van der Waals surface area contributed by atoms with Gasteiger partial charge in [-0.05, 0) is 48.2 Å². The molecular formula is C29H31N7O4. The maximum absolute atomic E-state index is 11.6. The first-order valence-electron chi connectivity index (χ1n) is 13.5. The van der Waals surface area contributed by atoms with Crippen LogP contribution in [0.1, 0.15) is 51.6 Å². The second-order valence-corrected chi connectivity index (χ2v) is 10.4. The third-order valence-corrected chi connectivity index (χ3v) is 7.84. The smallest absolute Gasteiger partial charge is 0.335 e. The van der Waals surface area contributed by atoms with Crippen molar-refractivity contribution >= 4 is 11.8 Å². The van der Waals surface area contributed by atoms with E-state index in [0.29, 0.717) is 22.7 Å². The Morgan fingerprint density at radius 1 is 1.15 bits per heavy atom. The van der Waals surface area contributed by atoms with Crippen molar-refractivity contribution < 1.29 is 19.4 Å². The minimum atomic E-state index is -0.889. The average Bonchev–Trinajstić information content (AvgIpc) is 3.30. The third-order valence-electron chi connectivity index (χ3n) is 7.84. The van der Waals surface area contributed by atoms with E-state index >= 15 is 0 Å². The summed E-state index contributed by atoms with van der Waals surface area (Å²) in [6.45, 7) is 6.06. The molecule has 0 aliphatic carbocycles. The lowest BCUT2D eigenvalue weighted by molar-refractivity contribution is -0.0700. The van der Waals surface area contributed by atoms with Gasteiger partial charge in [-0.2, -0.15) is 10.2 Å². The number of carboxylic acids is 1. The molecule has 1 unspecified atom stereocenters. The number of benzene rings is 1. The van der Waals surface area contributed by atoms with E-state index in [-0.39, 0.29) is 18.8 Å². The molecule has 1 aromatic carbocycles. The molecule has 1 N–H and O–H groups in total. The molecular weight excluding hydrogens is 510 g/mol. The molecule has 6 rings (SSSR count). The molecule has 0 saturated carbocycles. The molecule has 0 radical (unpaired) electrons. The van der Waals surface area contributed by atoms with E-state index in [9.17, 15) is 9.90 Å². The fourth-order valence-electron chi connectivity index (χ4n) is 5.51. The Morgan fingerprint density at radius 3 is 2.70 bits per heavy atom. The van der Waals surface area contributed by atoms with Crippen LogP contribution < -0.4 is 9.64 Å². The standard InChI is InChI=1S/C29H31N7O4/c30-13-20-1-4-23(32-14-20)18-40-28-16-31-15-27(33-28)35-8-6-34(7-9-35)19-36-17-22-3-2-21(29(37)38)11-25(22)26(36)12-24-5-10-39-24/h1-4,11,14-16,24,26H,5-10,12,17-19H2,(H,37,38)/t24?,26-/m0/s1. The number of pyridine rings is 1. The highest BCUT2D eigenvalue weighted by Crippen LogP contribution is 2.39. The molecule has 3 aromatic rings. The van der Waals surface area contributed by atoms with Crippen LogP contribution in [-0.4, -0.2) is 81.4 Å². The van der Waals surface area contributed by atoms with Crippen LogP contribution in [0.4, 0.5) is 5.82 Å². The largest absolute Gasteiger partial charge is 0.478 e. The molecule has 2 atom stereocenters. The van der Waals surface area contributed by atoms with Crippen molar-refractivity contribution in [3.63, 3.8) is 0 Å². The van der Waals surface area contributed by atoms with E-state index in [4.69, 9.17) is 14.7 Å². The predicted molar refractivity (Wildman–Crippen MR) is 145 cm³/mol. The van der Waals surface area contributed by atoms with Crippen molar-refractivity contribution in [3.8, 4) is 11.9 Å². The van der Waals surface area contributed by atoms with Crippen molar-refractivity contribution in [1.29, 1.82) is 5.26 Å². The number of aromatic carboxylic acids is 1. The first-order valence-corrected chi connectivity index (χ1v) is 13.5. The molecule has 5 heterocycles. The van der Waals surface area contributed by atoms with E-state index in [2.05, 4.69) is 35.7 Å². The van der Waals surface area contributed by atoms with Gasteiger partial charge >= 0.3 is 5.97 Å². The first kappa shape index (κ1) is 26.1. The van der Waals surface area contributed by atoms with Gasteiger partial charge in [0.1, 0.15) is 12.7 Å². The Hall–Kier alpha value is -4.11. The van der Waals surface area contributed by atoms with E-state index in [1.165, 1.54) is 11.8 Å². The molecule has 40 heavy (non-hydrogen) atoms. The Kier molecular flexibility index (Phi) is 7.55. The molecule has 3 aliphatic rings. The number of anilines is 1. The normalized spacial score (nSPS) is 20.9.